The van der Waals surface area contributed by atoms with E-state index in [1.54, 1.807) is 6.07 Å². The number of aliphatic hydroxyl groups excluding tert-OH is 1. The molecule has 0 amide bonds. The van der Waals surface area contributed by atoms with Gasteiger partial charge < -0.3 is 10.0 Å². The number of halogens is 1. The van der Waals surface area contributed by atoms with E-state index in [0.29, 0.717) is 9.90 Å². The van der Waals surface area contributed by atoms with E-state index in [1.807, 2.05) is 57.1 Å². The van der Waals surface area contributed by atoms with Gasteiger partial charge in [0.15, 0.2) is 0 Å². The number of nitrogens with one attached hydrogen (secondary N) is 1. The van der Waals surface area contributed by atoms with Crippen LogP contribution in [0.5, 0.6) is 0 Å². The van der Waals surface area contributed by atoms with Crippen LogP contribution in [0.2, 0.25) is 4.34 Å². The van der Waals surface area contributed by atoms with Crippen LogP contribution in [-0.2, 0) is 10.0 Å². The van der Waals surface area contributed by atoms with Gasteiger partial charge in [0.05, 0.1) is 16.5 Å². The van der Waals surface area contributed by atoms with Gasteiger partial charge in [-0.05, 0) is 35.7 Å². The molecule has 0 fully saturated rings. The molecular formula is C18H25ClN2O3S2. The summed E-state index contributed by atoms with van der Waals surface area (Å²) >= 11 is 6.86. The normalized spacial score (nSPS) is 15.5. The van der Waals surface area contributed by atoms with Crippen LogP contribution in [0.4, 0.5) is 5.69 Å². The number of aliphatic hydroxyl groups is 1. The van der Waals surface area contributed by atoms with Crippen molar-refractivity contribution in [2.45, 2.75) is 36.6 Å². The van der Waals surface area contributed by atoms with Crippen LogP contribution < -0.4 is 9.62 Å². The van der Waals surface area contributed by atoms with Gasteiger partial charge in [-0.2, -0.15) is 0 Å². The monoisotopic (exact) mass is 416 g/mol. The molecule has 2 aromatic rings. The fourth-order valence-electron chi connectivity index (χ4n) is 2.60. The highest BCUT2D eigenvalue weighted by Crippen LogP contribution is 2.30. The Hall–Kier alpha value is -1.12. The molecule has 0 spiro atoms. The fourth-order valence-corrected chi connectivity index (χ4v) is 5.45. The Balaban J connectivity index is 2.29. The lowest BCUT2D eigenvalue weighted by Crippen LogP contribution is -2.43. The molecule has 0 bridgehead atoms. The first-order valence-corrected chi connectivity index (χ1v) is 11.1. The number of thiophene rings is 1. The zero-order valence-corrected chi connectivity index (χ0v) is 17.7. The third kappa shape index (κ3) is 4.98. The van der Waals surface area contributed by atoms with Crippen molar-refractivity contribution in [3.05, 3.63) is 46.3 Å². The second kappa shape index (κ2) is 8.71. The number of anilines is 1. The smallest absolute Gasteiger partial charge is 0.250 e. The van der Waals surface area contributed by atoms with Crippen molar-refractivity contribution in [3.8, 4) is 0 Å². The predicted octanol–water partition coefficient (Wildman–Crippen LogP) is 3.89. The number of hydrogen-bond acceptors (Lipinski definition) is 5. The number of nitrogens with zero attached hydrogens (tertiary/aromatic N) is 1. The van der Waals surface area contributed by atoms with Gasteiger partial charge in [0.1, 0.15) is 4.21 Å². The molecule has 1 heterocycles. The molecule has 1 aromatic heterocycles. The quantitative estimate of drug-likeness (QED) is 0.684. The maximum absolute atomic E-state index is 12.7. The SMILES string of the molecule is CC[C@H](C)[C@H](NS(=O)(=O)c1ccc(Cl)s1)C(O)c1ccc(N(C)C)cc1. The molecule has 0 saturated heterocycles. The Labute approximate surface area is 164 Å². The molecule has 8 heteroatoms. The minimum Gasteiger partial charge on any atom is -0.387 e. The first-order chi connectivity index (χ1) is 12.2. The summed E-state index contributed by atoms with van der Waals surface area (Å²) in [7, 11) is 0.124. The average molecular weight is 417 g/mol. The fraction of sp³-hybridized carbons (Fsp3) is 0.444. The summed E-state index contributed by atoms with van der Waals surface area (Å²) < 4.78 is 28.6. The van der Waals surface area contributed by atoms with E-state index in [9.17, 15) is 13.5 Å². The molecule has 0 aliphatic heterocycles. The van der Waals surface area contributed by atoms with Crippen LogP contribution in [0, 0.1) is 5.92 Å². The van der Waals surface area contributed by atoms with E-state index in [1.165, 1.54) is 6.07 Å². The van der Waals surface area contributed by atoms with Crippen LogP contribution in [-0.4, -0.2) is 33.7 Å². The lowest BCUT2D eigenvalue weighted by Gasteiger charge is -2.29. The van der Waals surface area contributed by atoms with E-state index in [-0.39, 0.29) is 10.1 Å². The first kappa shape index (κ1) is 21.2. The van der Waals surface area contributed by atoms with Crippen LogP contribution in [0.3, 0.4) is 0 Å². The molecule has 1 aromatic carbocycles. The molecule has 0 aliphatic rings. The molecule has 144 valence electrons. The maximum atomic E-state index is 12.7. The largest absolute Gasteiger partial charge is 0.387 e. The van der Waals surface area contributed by atoms with Crippen LogP contribution in [0.25, 0.3) is 0 Å². The highest BCUT2D eigenvalue weighted by atomic mass is 35.5. The molecule has 1 unspecified atom stereocenters. The van der Waals surface area contributed by atoms with Crippen molar-refractivity contribution >= 4 is 38.6 Å². The summed E-state index contributed by atoms with van der Waals surface area (Å²) in [6.45, 7) is 3.89. The summed E-state index contributed by atoms with van der Waals surface area (Å²) in [4.78, 5) is 1.96. The predicted molar refractivity (Wildman–Crippen MR) is 109 cm³/mol. The average Bonchev–Trinajstić information content (AvgIpc) is 3.06. The molecule has 2 rings (SSSR count). The minimum absolute atomic E-state index is 0.0521. The van der Waals surface area contributed by atoms with E-state index >= 15 is 0 Å². The summed E-state index contributed by atoms with van der Waals surface area (Å²) in [6.07, 6.45) is -0.225. The van der Waals surface area contributed by atoms with Gasteiger partial charge in [-0.1, -0.05) is 44.0 Å². The van der Waals surface area contributed by atoms with E-state index < -0.39 is 22.2 Å². The number of rotatable bonds is 8. The van der Waals surface area contributed by atoms with Gasteiger partial charge in [0.25, 0.3) is 0 Å². The molecule has 0 radical (unpaired) electrons. The second-order valence-corrected chi connectivity index (χ2v) is 10.2. The Bertz CT molecular complexity index is 819. The molecule has 0 saturated carbocycles. The Morgan fingerprint density at radius 2 is 1.81 bits per heavy atom. The van der Waals surface area contributed by atoms with Crippen molar-refractivity contribution in [1.29, 1.82) is 0 Å². The van der Waals surface area contributed by atoms with Crippen molar-refractivity contribution in [3.63, 3.8) is 0 Å². The summed E-state index contributed by atoms with van der Waals surface area (Å²) in [5, 5.41) is 10.9. The van der Waals surface area contributed by atoms with E-state index in [4.69, 9.17) is 11.6 Å². The van der Waals surface area contributed by atoms with Crippen molar-refractivity contribution in [2.24, 2.45) is 5.92 Å². The van der Waals surface area contributed by atoms with Gasteiger partial charge in [-0.3, -0.25) is 0 Å². The van der Waals surface area contributed by atoms with Crippen LogP contribution >= 0.6 is 22.9 Å². The maximum Gasteiger partial charge on any atom is 0.250 e. The third-order valence-corrected chi connectivity index (χ3v) is 7.64. The highest BCUT2D eigenvalue weighted by Gasteiger charge is 2.31. The zero-order valence-electron chi connectivity index (χ0n) is 15.3. The van der Waals surface area contributed by atoms with Crippen LogP contribution in [0.1, 0.15) is 31.9 Å². The topological polar surface area (TPSA) is 69.6 Å². The van der Waals surface area contributed by atoms with Gasteiger partial charge >= 0.3 is 0 Å². The molecule has 2 N–H and O–H groups in total. The number of benzene rings is 1. The van der Waals surface area contributed by atoms with E-state index in [0.717, 1.165) is 23.4 Å². The highest BCUT2D eigenvalue weighted by molar-refractivity contribution is 7.91. The van der Waals surface area contributed by atoms with Gasteiger partial charge in [-0.25, -0.2) is 13.1 Å². The first-order valence-electron chi connectivity index (χ1n) is 8.38. The molecule has 5 nitrogen and oxygen atoms in total. The van der Waals surface area contributed by atoms with E-state index in [2.05, 4.69) is 4.72 Å². The lowest BCUT2D eigenvalue weighted by molar-refractivity contribution is 0.112. The molecule has 3 atom stereocenters. The molecule has 0 aliphatic carbocycles. The van der Waals surface area contributed by atoms with Crippen molar-refractivity contribution in [2.75, 3.05) is 19.0 Å². The summed E-state index contributed by atoms with van der Waals surface area (Å²) in [5.74, 6) is -0.0521. The standard InChI is InChI=1S/C18H25ClN2O3S2/c1-5-12(2)17(20-26(23,24)16-11-10-15(19)25-16)18(22)13-6-8-14(9-7-13)21(3)4/h6-12,17-18,20,22H,5H2,1-4H3/t12-,17-,18?/m0/s1. The molecule has 26 heavy (non-hydrogen) atoms. The van der Waals surface area contributed by atoms with Crippen LogP contribution in [0.15, 0.2) is 40.6 Å². The van der Waals surface area contributed by atoms with Crippen molar-refractivity contribution < 1.29 is 13.5 Å². The molecular weight excluding hydrogens is 392 g/mol. The number of hydrogen-bond donors (Lipinski definition) is 2. The Morgan fingerprint density at radius 1 is 1.19 bits per heavy atom. The number of sulfonamides is 1. The Morgan fingerprint density at radius 3 is 2.27 bits per heavy atom. The summed E-state index contributed by atoms with van der Waals surface area (Å²) in [6, 6.07) is 9.84. The minimum atomic E-state index is -3.75. The van der Waals surface area contributed by atoms with Crippen molar-refractivity contribution in [1.82, 2.24) is 4.72 Å². The van der Waals surface area contributed by atoms with Gasteiger partial charge in [0.2, 0.25) is 10.0 Å². The lowest BCUT2D eigenvalue weighted by atomic mass is 9.91. The summed E-state index contributed by atoms with van der Waals surface area (Å²) in [5.41, 5.74) is 1.68. The third-order valence-electron chi connectivity index (χ3n) is 4.45. The Kier molecular flexibility index (Phi) is 7.10. The van der Waals surface area contributed by atoms with Gasteiger partial charge in [0, 0.05) is 19.8 Å². The zero-order chi connectivity index (χ0) is 19.5. The van der Waals surface area contributed by atoms with Gasteiger partial charge in [-0.15, -0.1) is 11.3 Å². The second-order valence-electron chi connectivity index (χ2n) is 6.52.